The molecule has 33 heavy (non-hydrogen) atoms. The van der Waals surface area contributed by atoms with E-state index >= 15 is 0 Å². The third kappa shape index (κ3) is 5.98. The fraction of sp³-hybridized carbons (Fsp3) is 0.320. The van der Waals surface area contributed by atoms with Crippen LogP contribution in [0.2, 0.25) is 13.9 Å². The minimum absolute atomic E-state index is 0.360. The van der Waals surface area contributed by atoms with Crippen molar-refractivity contribution in [3.8, 4) is 17.1 Å². The van der Waals surface area contributed by atoms with Crippen LogP contribution in [0, 0.1) is 0 Å². The average Bonchev–Trinajstić information content (AvgIpc) is 3.35. The minimum atomic E-state index is -3.71. The van der Waals surface area contributed by atoms with Gasteiger partial charge in [0.05, 0.1) is 0 Å². The molecule has 3 aromatic rings. The van der Waals surface area contributed by atoms with E-state index in [2.05, 4.69) is 29.2 Å². The van der Waals surface area contributed by atoms with Gasteiger partial charge in [-0.1, -0.05) is 0 Å². The molecular formula is C25H28ClN3O3Sn. The average molecular weight is 573 g/mol. The van der Waals surface area contributed by atoms with Crippen molar-refractivity contribution in [2.24, 2.45) is 10.2 Å². The zero-order chi connectivity index (χ0) is 23.1. The molecule has 4 rings (SSSR count). The second kappa shape index (κ2) is 11.2. The third-order valence-electron chi connectivity index (χ3n) is 5.51. The number of unbranched alkanes of at least 4 members (excludes halogenated alkanes) is 2. The van der Waals surface area contributed by atoms with E-state index in [0.29, 0.717) is 22.4 Å². The molecule has 0 fully saturated rings. The molecule has 6 nitrogen and oxygen atoms in total. The van der Waals surface area contributed by atoms with Crippen molar-refractivity contribution in [1.82, 2.24) is 5.16 Å². The summed E-state index contributed by atoms with van der Waals surface area (Å²) in [4.78, 5) is 0. The van der Waals surface area contributed by atoms with Gasteiger partial charge in [0.1, 0.15) is 0 Å². The summed E-state index contributed by atoms with van der Waals surface area (Å²) in [5.74, 6) is 1.77. The van der Waals surface area contributed by atoms with Gasteiger partial charge in [-0.25, -0.2) is 0 Å². The van der Waals surface area contributed by atoms with Crippen molar-refractivity contribution in [3.05, 3.63) is 70.9 Å². The van der Waals surface area contributed by atoms with Gasteiger partial charge in [0.25, 0.3) is 0 Å². The van der Waals surface area contributed by atoms with Crippen LogP contribution in [0.5, 0.6) is 5.75 Å². The van der Waals surface area contributed by atoms with Gasteiger partial charge in [-0.3, -0.25) is 0 Å². The third-order valence-corrected chi connectivity index (χ3v) is 15.4. The number of halogens is 1. The Morgan fingerprint density at radius 2 is 1.67 bits per heavy atom. The number of rotatable bonds is 8. The summed E-state index contributed by atoms with van der Waals surface area (Å²) in [5.41, 5.74) is 2.26. The zero-order valence-corrected chi connectivity index (χ0v) is 22.6. The van der Waals surface area contributed by atoms with Crippen LogP contribution in [0.15, 0.2) is 69.3 Å². The zero-order valence-electron chi connectivity index (χ0n) is 19.0. The molecule has 0 atom stereocenters. The van der Waals surface area contributed by atoms with E-state index in [0.717, 1.165) is 51.4 Å². The molecule has 1 aliphatic rings. The van der Waals surface area contributed by atoms with Gasteiger partial charge in [-0.15, -0.1) is 0 Å². The quantitative estimate of drug-likeness (QED) is 0.267. The normalized spacial score (nSPS) is 17.4. The van der Waals surface area contributed by atoms with Crippen molar-refractivity contribution >= 4 is 42.9 Å². The van der Waals surface area contributed by atoms with E-state index in [4.69, 9.17) is 22.3 Å². The summed E-state index contributed by atoms with van der Waals surface area (Å²) in [6.07, 6.45) is 5.85. The summed E-state index contributed by atoms with van der Waals surface area (Å²) in [6, 6.07) is 17.3. The number of hydrogen-bond acceptors (Lipinski definition) is 6. The molecule has 0 N–H and O–H groups in total. The van der Waals surface area contributed by atoms with Crippen LogP contribution in [-0.2, 0) is 3.07 Å². The molecular weight excluding hydrogens is 544 g/mol. The number of nitrogens with zero attached hydrogens (tertiary/aromatic N) is 3. The van der Waals surface area contributed by atoms with E-state index in [1.54, 1.807) is 6.21 Å². The van der Waals surface area contributed by atoms with Crippen LogP contribution in [0.25, 0.3) is 11.3 Å². The molecule has 0 saturated carbocycles. The van der Waals surface area contributed by atoms with Gasteiger partial charge < -0.3 is 0 Å². The van der Waals surface area contributed by atoms with E-state index in [9.17, 15) is 0 Å². The molecule has 2 aromatic carbocycles. The van der Waals surface area contributed by atoms with Crippen LogP contribution >= 0.6 is 11.6 Å². The molecule has 0 amide bonds. The number of hydrogen-bond donors (Lipinski definition) is 0. The Morgan fingerprint density at radius 1 is 0.909 bits per heavy atom. The molecule has 0 aliphatic carbocycles. The molecule has 1 aliphatic heterocycles. The Kier molecular flexibility index (Phi) is 8.09. The van der Waals surface area contributed by atoms with Gasteiger partial charge in [-0.05, 0) is 0 Å². The number of aromatic nitrogens is 1. The van der Waals surface area contributed by atoms with Crippen molar-refractivity contribution in [1.29, 1.82) is 0 Å². The maximum absolute atomic E-state index is 6.81. The molecule has 2 heterocycles. The van der Waals surface area contributed by atoms with Crippen molar-refractivity contribution in [2.75, 3.05) is 0 Å². The molecule has 0 saturated heterocycles. The van der Waals surface area contributed by atoms with Crippen LogP contribution in [-0.4, -0.2) is 36.5 Å². The van der Waals surface area contributed by atoms with E-state index in [1.807, 2.05) is 54.6 Å². The van der Waals surface area contributed by atoms with Crippen LogP contribution in [0.1, 0.15) is 50.8 Å². The summed E-state index contributed by atoms with van der Waals surface area (Å²) in [7, 11) is 0. The molecule has 172 valence electrons. The Morgan fingerprint density at radius 3 is 2.39 bits per heavy atom. The van der Waals surface area contributed by atoms with Gasteiger partial charge in [0, 0.05) is 0 Å². The van der Waals surface area contributed by atoms with Crippen LogP contribution in [0.3, 0.4) is 0 Å². The SMILES string of the molecule is CCC[CH2][Sn]1([CH2]CCC)[O]/C(c2cc(-c3ccccc3)on2)=N\N=C/c2cc(Cl)ccc2[O]1. The fourth-order valence-electron chi connectivity index (χ4n) is 3.71. The molecule has 1 aromatic heterocycles. The van der Waals surface area contributed by atoms with Crippen molar-refractivity contribution in [3.63, 3.8) is 0 Å². The standard InChI is InChI=1S/C17H12ClN3O3.2C4H9.Sn/c18-13-6-7-15(22)12(8-13)10-19-20-17(23)14-9-16(24-21-14)11-4-2-1-3-5-11;2*1-3-4-2;/h1-10,22H,(H,20,23);2*1,3-4H2,2H3;/q;;;+2/p-2/b19-10-;;;. The molecule has 0 radical (unpaired) electrons. The topological polar surface area (TPSA) is 69.2 Å². The second-order valence-electron chi connectivity index (χ2n) is 8.10. The maximum atomic E-state index is 6.81. The Labute approximate surface area is 204 Å². The first kappa shape index (κ1) is 23.8. The van der Waals surface area contributed by atoms with Crippen LogP contribution in [0.4, 0.5) is 0 Å². The van der Waals surface area contributed by atoms with Gasteiger partial charge in [0.2, 0.25) is 0 Å². The molecule has 8 heteroatoms. The van der Waals surface area contributed by atoms with Gasteiger partial charge in [0.15, 0.2) is 0 Å². The van der Waals surface area contributed by atoms with Crippen molar-refractivity contribution in [2.45, 2.75) is 48.4 Å². The monoisotopic (exact) mass is 573 g/mol. The first-order valence-electron chi connectivity index (χ1n) is 11.4. The molecule has 0 spiro atoms. The second-order valence-corrected chi connectivity index (χ2v) is 17.8. The van der Waals surface area contributed by atoms with E-state index in [-0.39, 0.29) is 0 Å². The summed E-state index contributed by atoms with van der Waals surface area (Å²) in [5, 5.41) is 13.6. The summed E-state index contributed by atoms with van der Waals surface area (Å²) >= 11 is 2.54. The predicted octanol–water partition coefficient (Wildman–Crippen LogP) is 7.23. The first-order chi connectivity index (χ1) is 16.1. The fourth-order valence-corrected chi connectivity index (χ4v) is 14.1. The van der Waals surface area contributed by atoms with E-state index in [1.165, 1.54) is 0 Å². The summed E-state index contributed by atoms with van der Waals surface area (Å²) in [6.45, 7) is 4.37. The Bertz CT molecular complexity index is 1120. The van der Waals surface area contributed by atoms with Gasteiger partial charge >= 0.3 is 205 Å². The number of fused-ring (bicyclic) bond motifs is 1. The van der Waals surface area contributed by atoms with Gasteiger partial charge in [-0.2, -0.15) is 0 Å². The predicted molar refractivity (Wildman–Crippen MR) is 134 cm³/mol. The first-order valence-corrected chi connectivity index (χ1v) is 18.2. The molecule has 0 bridgehead atoms. The van der Waals surface area contributed by atoms with Crippen molar-refractivity contribution < 1.29 is 10.7 Å². The Balaban J connectivity index is 1.76. The van der Waals surface area contributed by atoms with Crippen LogP contribution < -0.4 is 3.07 Å². The van der Waals surface area contributed by atoms with E-state index < -0.39 is 19.2 Å². The summed E-state index contributed by atoms with van der Waals surface area (Å²) < 4.78 is 21.0. The molecule has 0 unspecified atom stereocenters. The number of benzene rings is 2. The Hall–Kier alpha value is -2.32.